The van der Waals surface area contributed by atoms with Crippen LogP contribution in [-0.2, 0) is 0 Å². The van der Waals surface area contributed by atoms with Gasteiger partial charge in [-0.2, -0.15) is 0 Å². The standard InChI is InChI=1S/C12H22F2N2/c13-12(14)9-16-6-4-11(5-7-16)15-8-10-2-1-3-10/h10-12,15H,1-9H2. The van der Waals surface area contributed by atoms with Crippen LogP contribution in [0, 0.1) is 5.92 Å². The fourth-order valence-electron chi connectivity index (χ4n) is 2.55. The van der Waals surface area contributed by atoms with E-state index in [1.165, 1.54) is 19.3 Å². The van der Waals surface area contributed by atoms with Gasteiger partial charge in [-0.25, -0.2) is 8.78 Å². The molecule has 0 aromatic heterocycles. The van der Waals surface area contributed by atoms with Gasteiger partial charge < -0.3 is 5.32 Å². The Kier molecular flexibility index (Phi) is 4.53. The van der Waals surface area contributed by atoms with Gasteiger partial charge in [0.05, 0.1) is 6.54 Å². The molecule has 0 bridgehead atoms. The minimum atomic E-state index is -2.18. The zero-order valence-electron chi connectivity index (χ0n) is 9.80. The lowest BCUT2D eigenvalue weighted by Gasteiger charge is -2.34. The van der Waals surface area contributed by atoms with Crippen LogP contribution >= 0.6 is 0 Å². The van der Waals surface area contributed by atoms with Gasteiger partial charge in [0.2, 0.25) is 0 Å². The molecule has 2 nitrogen and oxygen atoms in total. The Morgan fingerprint density at radius 3 is 2.31 bits per heavy atom. The summed E-state index contributed by atoms with van der Waals surface area (Å²) in [5.74, 6) is 0.888. The lowest BCUT2D eigenvalue weighted by Crippen LogP contribution is -2.45. The number of hydrogen-bond donors (Lipinski definition) is 1. The van der Waals surface area contributed by atoms with E-state index in [0.717, 1.165) is 38.4 Å². The van der Waals surface area contributed by atoms with Gasteiger partial charge in [-0.1, -0.05) is 6.42 Å². The van der Waals surface area contributed by atoms with Crippen LogP contribution in [0.5, 0.6) is 0 Å². The first kappa shape index (κ1) is 12.2. The van der Waals surface area contributed by atoms with Crippen molar-refractivity contribution in [2.75, 3.05) is 26.2 Å². The Morgan fingerprint density at radius 1 is 1.12 bits per heavy atom. The zero-order chi connectivity index (χ0) is 11.4. The predicted molar refractivity (Wildman–Crippen MR) is 60.8 cm³/mol. The van der Waals surface area contributed by atoms with E-state index in [-0.39, 0.29) is 6.54 Å². The first-order valence-corrected chi connectivity index (χ1v) is 6.48. The topological polar surface area (TPSA) is 15.3 Å². The summed E-state index contributed by atoms with van der Waals surface area (Å²) in [5, 5.41) is 3.58. The summed E-state index contributed by atoms with van der Waals surface area (Å²) in [6.07, 6.45) is 4.01. The molecule has 1 aliphatic heterocycles. The summed E-state index contributed by atoms with van der Waals surface area (Å²) in [7, 11) is 0. The van der Waals surface area contributed by atoms with Crippen LogP contribution in [0.15, 0.2) is 0 Å². The number of hydrogen-bond acceptors (Lipinski definition) is 2. The highest BCUT2D eigenvalue weighted by atomic mass is 19.3. The summed E-state index contributed by atoms with van der Waals surface area (Å²) in [6.45, 7) is 2.74. The van der Waals surface area contributed by atoms with Crippen LogP contribution in [0.1, 0.15) is 32.1 Å². The second-order valence-electron chi connectivity index (χ2n) is 5.17. The van der Waals surface area contributed by atoms with E-state index in [1.807, 2.05) is 4.90 Å². The molecule has 0 atom stereocenters. The van der Waals surface area contributed by atoms with Gasteiger partial charge in [0.1, 0.15) is 0 Å². The highest BCUT2D eigenvalue weighted by molar-refractivity contribution is 4.80. The van der Waals surface area contributed by atoms with Crippen LogP contribution < -0.4 is 5.32 Å². The quantitative estimate of drug-likeness (QED) is 0.781. The molecule has 2 aliphatic rings. The van der Waals surface area contributed by atoms with Crippen molar-refractivity contribution in [2.24, 2.45) is 5.92 Å². The first-order chi connectivity index (χ1) is 7.74. The third-order valence-electron chi connectivity index (χ3n) is 3.90. The van der Waals surface area contributed by atoms with Gasteiger partial charge >= 0.3 is 0 Å². The van der Waals surface area contributed by atoms with Crippen LogP contribution in [-0.4, -0.2) is 43.5 Å². The Morgan fingerprint density at radius 2 is 1.81 bits per heavy atom. The van der Waals surface area contributed by atoms with E-state index in [1.54, 1.807) is 0 Å². The maximum Gasteiger partial charge on any atom is 0.251 e. The Labute approximate surface area is 96.4 Å². The maximum absolute atomic E-state index is 12.2. The second-order valence-corrected chi connectivity index (χ2v) is 5.17. The molecular weight excluding hydrogens is 210 g/mol. The molecule has 2 fully saturated rings. The van der Waals surface area contributed by atoms with E-state index in [2.05, 4.69) is 5.32 Å². The van der Waals surface area contributed by atoms with Crippen molar-refractivity contribution in [1.82, 2.24) is 10.2 Å². The average Bonchev–Trinajstić information content (AvgIpc) is 2.17. The third kappa shape index (κ3) is 3.67. The number of nitrogens with zero attached hydrogens (tertiary/aromatic N) is 1. The second kappa shape index (κ2) is 5.92. The fourth-order valence-corrected chi connectivity index (χ4v) is 2.55. The number of piperidine rings is 1. The van der Waals surface area contributed by atoms with Crippen LogP contribution in [0.3, 0.4) is 0 Å². The van der Waals surface area contributed by atoms with Gasteiger partial charge in [-0.05, 0) is 51.2 Å². The van der Waals surface area contributed by atoms with E-state index < -0.39 is 6.43 Å². The molecule has 0 aromatic rings. The highest BCUT2D eigenvalue weighted by Crippen LogP contribution is 2.25. The Bertz CT molecular complexity index is 199. The van der Waals surface area contributed by atoms with Crippen LogP contribution in [0.4, 0.5) is 8.78 Å². The molecule has 1 aliphatic carbocycles. The lowest BCUT2D eigenvalue weighted by molar-refractivity contribution is 0.0723. The van der Waals surface area contributed by atoms with Crippen molar-refractivity contribution < 1.29 is 8.78 Å². The molecular formula is C12H22F2N2. The number of alkyl halides is 2. The van der Waals surface area contributed by atoms with Crippen molar-refractivity contribution in [3.63, 3.8) is 0 Å². The minimum absolute atomic E-state index is 0.0463. The smallest absolute Gasteiger partial charge is 0.251 e. The normalized spacial score (nSPS) is 24.9. The number of likely N-dealkylation sites (tertiary alicyclic amines) is 1. The average molecular weight is 232 g/mol. The summed E-state index contributed by atoms with van der Waals surface area (Å²) in [6, 6.07) is 0.564. The molecule has 2 rings (SSSR count). The molecule has 1 N–H and O–H groups in total. The Hall–Kier alpha value is -0.220. The number of halogens is 2. The minimum Gasteiger partial charge on any atom is -0.314 e. The van der Waals surface area contributed by atoms with Gasteiger partial charge in [0.15, 0.2) is 0 Å². The van der Waals surface area contributed by atoms with Crippen LogP contribution in [0.2, 0.25) is 0 Å². The van der Waals surface area contributed by atoms with Crippen molar-refractivity contribution in [3.05, 3.63) is 0 Å². The predicted octanol–water partition coefficient (Wildman–Crippen LogP) is 2.11. The monoisotopic (exact) mass is 232 g/mol. The maximum atomic E-state index is 12.2. The summed E-state index contributed by atoms with van der Waals surface area (Å²) in [5.41, 5.74) is 0. The number of rotatable bonds is 5. The van der Waals surface area contributed by atoms with Crippen molar-refractivity contribution in [1.29, 1.82) is 0 Å². The summed E-state index contributed by atoms with van der Waals surface area (Å²) >= 11 is 0. The third-order valence-corrected chi connectivity index (χ3v) is 3.90. The molecule has 1 saturated carbocycles. The van der Waals surface area contributed by atoms with Gasteiger partial charge in [-0.3, -0.25) is 4.90 Å². The van der Waals surface area contributed by atoms with E-state index in [4.69, 9.17) is 0 Å². The van der Waals surface area contributed by atoms with E-state index in [0.29, 0.717) is 6.04 Å². The molecule has 0 radical (unpaired) electrons. The summed E-state index contributed by atoms with van der Waals surface area (Å²) < 4.78 is 24.3. The highest BCUT2D eigenvalue weighted by Gasteiger charge is 2.23. The molecule has 16 heavy (non-hydrogen) atoms. The molecule has 0 unspecified atom stereocenters. The van der Waals surface area contributed by atoms with Gasteiger partial charge in [-0.15, -0.1) is 0 Å². The van der Waals surface area contributed by atoms with Crippen molar-refractivity contribution in [3.8, 4) is 0 Å². The van der Waals surface area contributed by atoms with E-state index >= 15 is 0 Å². The fraction of sp³-hybridized carbons (Fsp3) is 1.00. The molecule has 1 saturated heterocycles. The molecule has 94 valence electrons. The molecule has 0 amide bonds. The molecule has 1 heterocycles. The Balaban J connectivity index is 1.57. The largest absolute Gasteiger partial charge is 0.314 e. The van der Waals surface area contributed by atoms with Crippen molar-refractivity contribution >= 4 is 0 Å². The number of nitrogens with one attached hydrogen (secondary N) is 1. The zero-order valence-corrected chi connectivity index (χ0v) is 9.80. The summed E-state index contributed by atoms with van der Waals surface area (Å²) in [4.78, 5) is 1.88. The molecule has 0 spiro atoms. The SMILES string of the molecule is FC(F)CN1CCC(NCC2CCC2)CC1. The van der Waals surface area contributed by atoms with Crippen LogP contribution in [0.25, 0.3) is 0 Å². The first-order valence-electron chi connectivity index (χ1n) is 6.48. The van der Waals surface area contributed by atoms with Crippen molar-refractivity contribution in [2.45, 2.75) is 44.6 Å². The van der Waals surface area contributed by atoms with Gasteiger partial charge in [0, 0.05) is 6.04 Å². The molecule has 4 heteroatoms. The van der Waals surface area contributed by atoms with E-state index in [9.17, 15) is 8.78 Å². The lowest BCUT2D eigenvalue weighted by atomic mass is 9.85. The molecule has 0 aromatic carbocycles. The van der Waals surface area contributed by atoms with Gasteiger partial charge in [0.25, 0.3) is 6.43 Å².